The third-order valence-electron chi connectivity index (χ3n) is 4.48. The van der Waals surface area contributed by atoms with Crippen LogP contribution in [0.25, 0.3) is 0 Å². The number of rotatable bonds is 19. The number of hydrogen-bond donors (Lipinski definition) is 1. The van der Waals surface area contributed by atoms with Crippen molar-refractivity contribution in [3.63, 3.8) is 0 Å². The van der Waals surface area contributed by atoms with Gasteiger partial charge < -0.3 is 5.32 Å². The van der Waals surface area contributed by atoms with Crippen molar-refractivity contribution in [1.82, 2.24) is 5.32 Å². The van der Waals surface area contributed by atoms with Gasteiger partial charge in [0.25, 0.3) is 0 Å². The Balaban J connectivity index is 0. The summed E-state index contributed by atoms with van der Waals surface area (Å²) in [6.07, 6.45) is 23.0. The van der Waals surface area contributed by atoms with E-state index in [0.29, 0.717) is 0 Å². The maximum atomic E-state index is 5.62. The first-order valence-corrected chi connectivity index (χ1v) is 10.7. The van der Waals surface area contributed by atoms with Crippen LogP contribution < -0.4 is 5.32 Å². The summed E-state index contributed by atoms with van der Waals surface area (Å²) < 4.78 is 0. The minimum absolute atomic E-state index is 0. The molecule has 0 saturated carbocycles. The first kappa shape index (κ1) is 25.8. The number of alkyl halides is 1. The minimum atomic E-state index is 0. The molecule has 0 aliphatic heterocycles. The molecule has 1 nitrogen and oxygen atoms in total. The van der Waals surface area contributed by atoms with E-state index in [1.165, 1.54) is 103 Å². The molecule has 3 heteroatoms. The molecular weight excluding hydrogens is 325 g/mol. The minimum Gasteiger partial charge on any atom is -0.316 e. The molecule has 0 spiro atoms. The van der Waals surface area contributed by atoms with Crippen molar-refractivity contribution < 1.29 is 0 Å². The Morgan fingerprint density at radius 1 is 0.522 bits per heavy atom. The fourth-order valence-corrected chi connectivity index (χ4v) is 3.12. The molecule has 0 bridgehead atoms. The van der Waals surface area contributed by atoms with E-state index >= 15 is 0 Å². The van der Waals surface area contributed by atoms with E-state index < -0.39 is 0 Å². The van der Waals surface area contributed by atoms with Gasteiger partial charge in [0.2, 0.25) is 0 Å². The molecule has 1 N–H and O–H groups in total. The number of nitrogens with one attached hydrogen (secondary N) is 1. The van der Waals surface area contributed by atoms with Crippen LogP contribution in [0.2, 0.25) is 0 Å². The SMILES string of the molecule is CCCCCCCCCCCCCCCCCCNCCCl.Cl. The molecule has 23 heavy (non-hydrogen) atoms. The summed E-state index contributed by atoms with van der Waals surface area (Å²) in [6, 6.07) is 0. The molecule has 0 fully saturated rings. The van der Waals surface area contributed by atoms with Gasteiger partial charge in [-0.15, -0.1) is 24.0 Å². The summed E-state index contributed by atoms with van der Waals surface area (Å²) in [7, 11) is 0. The van der Waals surface area contributed by atoms with E-state index in [-0.39, 0.29) is 12.4 Å². The molecule has 0 amide bonds. The smallest absolute Gasteiger partial charge is 0.0348 e. The van der Waals surface area contributed by atoms with E-state index in [0.717, 1.165) is 19.0 Å². The van der Waals surface area contributed by atoms with E-state index in [9.17, 15) is 0 Å². The zero-order valence-electron chi connectivity index (χ0n) is 15.7. The zero-order chi connectivity index (χ0) is 16.1. The van der Waals surface area contributed by atoms with Crippen LogP contribution in [0.15, 0.2) is 0 Å². The summed E-state index contributed by atoms with van der Waals surface area (Å²) in [5.41, 5.74) is 0. The molecule has 0 aromatic rings. The van der Waals surface area contributed by atoms with E-state index in [4.69, 9.17) is 11.6 Å². The second kappa shape index (κ2) is 24.8. The highest BCUT2D eigenvalue weighted by molar-refractivity contribution is 6.18. The molecule has 0 heterocycles. The average molecular weight is 368 g/mol. The fourth-order valence-electron chi connectivity index (χ4n) is 2.99. The molecule has 0 aromatic carbocycles. The van der Waals surface area contributed by atoms with Gasteiger partial charge in [0.15, 0.2) is 0 Å². The normalized spacial score (nSPS) is 10.7. The largest absolute Gasteiger partial charge is 0.316 e. The Morgan fingerprint density at radius 3 is 1.22 bits per heavy atom. The maximum Gasteiger partial charge on any atom is 0.0348 e. The molecule has 0 aliphatic carbocycles. The van der Waals surface area contributed by atoms with Gasteiger partial charge in [-0.2, -0.15) is 0 Å². The lowest BCUT2D eigenvalue weighted by Gasteiger charge is -2.04. The predicted octanol–water partition coefficient (Wildman–Crippen LogP) is 7.50. The zero-order valence-corrected chi connectivity index (χ0v) is 17.3. The van der Waals surface area contributed by atoms with Crippen LogP contribution in [0, 0.1) is 0 Å². The quantitative estimate of drug-likeness (QED) is 0.184. The Bertz CT molecular complexity index is 168. The van der Waals surface area contributed by atoms with E-state index in [1.807, 2.05) is 0 Å². The Hall–Kier alpha value is 0.540. The van der Waals surface area contributed by atoms with Crippen LogP contribution in [-0.2, 0) is 0 Å². The van der Waals surface area contributed by atoms with Crippen molar-refractivity contribution >= 4 is 24.0 Å². The van der Waals surface area contributed by atoms with Crippen molar-refractivity contribution in [2.24, 2.45) is 0 Å². The van der Waals surface area contributed by atoms with Crippen molar-refractivity contribution in [3.05, 3.63) is 0 Å². The molecule has 0 radical (unpaired) electrons. The van der Waals surface area contributed by atoms with Gasteiger partial charge in [-0.3, -0.25) is 0 Å². The van der Waals surface area contributed by atoms with Gasteiger partial charge >= 0.3 is 0 Å². The first-order valence-electron chi connectivity index (χ1n) is 10.2. The number of unbranched alkanes of at least 4 members (excludes halogenated alkanes) is 15. The summed E-state index contributed by atoms with van der Waals surface area (Å²) in [5, 5.41) is 3.35. The highest BCUT2D eigenvalue weighted by atomic mass is 35.5. The molecule has 0 saturated heterocycles. The van der Waals surface area contributed by atoms with E-state index in [1.54, 1.807) is 0 Å². The Morgan fingerprint density at radius 2 is 0.870 bits per heavy atom. The second-order valence-electron chi connectivity index (χ2n) is 6.74. The average Bonchev–Trinajstić information content (AvgIpc) is 2.54. The molecule has 142 valence electrons. The van der Waals surface area contributed by atoms with Crippen LogP contribution in [0.1, 0.15) is 110 Å². The number of halogens is 2. The topological polar surface area (TPSA) is 12.0 Å². The van der Waals surface area contributed by atoms with Gasteiger partial charge in [-0.1, -0.05) is 103 Å². The summed E-state index contributed by atoms with van der Waals surface area (Å²) in [6.45, 7) is 4.39. The highest BCUT2D eigenvalue weighted by Gasteiger charge is 1.94. The molecule has 0 atom stereocenters. The second-order valence-corrected chi connectivity index (χ2v) is 7.12. The molecule has 0 aliphatic rings. The maximum absolute atomic E-state index is 5.62. The van der Waals surface area contributed by atoms with Crippen LogP contribution in [-0.4, -0.2) is 19.0 Å². The molecule has 0 aromatic heterocycles. The summed E-state index contributed by atoms with van der Waals surface area (Å²) >= 11 is 5.62. The van der Waals surface area contributed by atoms with Gasteiger partial charge in [0, 0.05) is 12.4 Å². The highest BCUT2D eigenvalue weighted by Crippen LogP contribution is 2.13. The van der Waals surface area contributed by atoms with Gasteiger partial charge in [-0.25, -0.2) is 0 Å². The summed E-state index contributed by atoms with van der Waals surface area (Å²) in [4.78, 5) is 0. The molecule has 0 rings (SSSR count). The lowest BCUT2D eigenvalue weighted by Crippen LogP contribution is -2.17. The van der Waals surface area contributed by atoms with Crippen LogP contribution in [0.3, 0.4) is 0 Å². The standard InChI is InChI=1S/C20H42ClN.ClH/c1-2-3-4-5-6-7-8-9-10-11-12-13-14-15-16-17-19-22-20-18-21;/h22H,2-20H2,1H3;1H. The van der Waals surface area contributed by atoms with Crippen molar-refractivity contribution in [2.45, 2.75) is 110 Å². The van der Waals surface area contributed by atoms with Crippen molar-refractivity contribution in [3.8, 4) is 0 Å². The van der Waals surface area contributed by atoms with Crippen molar-refractivity contribution in [1.29, 1.82) is 0 Å². The van der Waals surface area contributed by atoms with Crippen LogP contribution >= 0.6 is 24.0 Å². The Labute approximate surface area is 158 Å². The van der Waals surface area contributed by atoms with Gasteiger partial charge in [0.1, 0.15) is 0 Å². The monoisotopic (exact) mass is 367 g/mol. The van der Waals surface area contributed by atoms with Crippen molar-refractivity contribution in [2.75, 3.05) is 19.0 Å². The third kappa shape index (κ3) is 24.9. The fraction of sp³-hybridized carbons (Fsp3) is 1.00. The van der Waals surface area contributed by atoms with Crippen LogP contribution in [0.5, 0.6) is 0 Å². The van der Waals surface area contributed by atoms with Crippen LogP contribution in [0.4, 0.5) is 0 Å². The Kier molecular flexibility index (Phi) is 27.8. The van der Waals surface area contributed by atoms with Gasteiger partial charge in [0.05, 0.1) is 0 Å². The predicted molar refractivity (Wildman–Crippen MR) is 110 cm³/mol. The van der Waals surface area contributed by atoms with Gasteiger partial charge in [-0.05, 0) is 13.0 Å². The number of hydrogen-bond acceptors (Lipinski definition) is 1. The first-order chi connectivity index (χ1) is 10.9. The lowest BCUT2D eigenvalue weighted by molar-refractivity contribution is 0.526. The van der Waals surface area contributed by atoms with E-state index in [2.05, 4.69) is 12.2 Å². The molecular formula is C20H43Cl2N. The third-order valence-corrected chi connectivity index (χ3v) is 4.67. The molecule has 0 unspecified atom stereocenters. The summed E-state index contributed by atoms with van der Waals surface area (Å²) in [5.74, 6) is 0.735. The lowest BCUT2D eigenvalue weighted by atomic mass is 10.0.